The molecule has 0 bridgehead atoms. The van der Waals surface area contributed by atoms with E-state index in [1.165, 1.54) is 18.5 Å². The molecule has 0 radical (unpaired) electrons. The number of hydrogen-bond acceptors (Lipinski definition) is 4. The number of halogens is 3. The van der Waals surface area contributed by atoms with Crippen molar-refractivity contribution in [3.05, 3.63) is 24.0 Å². The molecular formula is C12H15F3N4O2. The van der Waals surface area contributed by atoms with Crippen molar-refractivity contribution in [3.8, 4) is 0 Å². The third-order valence-electron chi connectivity index (χ3n) is 3.59. The minimum absolute atomic E-state index is 0.0279. The van der Waals surface area contributed by atoms with E-state index in [1.54, 1.807) is 0 Å². The molecule has 21 heavy (non-hydrogen) atoms. The van der Waals surface area contributed by atoms with E-state index in [0.29, 0.717) is 5.56 Å². The molecule has 116 valence electrons. The minimum atomic E-state index is -4.42. The second-order valence-electron chi connectivity index (χ2n) is 5.05. The highest BCUT2D eigenvalue weighted by Crippen LogP contribution is 2.40. The predicted molar refractivity (Wildman–Crippen MR) is 68.5 cm³/mol. The molecule has 0 saturated carbocycles. The van der Waals surface area contributed by atoms with E-state index in [4.69, 9.17) is 10.8 Å². The number of hydrogen-bond donors (Lipinski definition) is 4. The summed E-state index contributed by atoms with van der Waals surface area (Å²) in [6.45, 7) is -0.225. The van der Waals surface area contributed by atoms with Crippen LogP contribution in [-0.4, -0.2) is 35.4 Å². The zero-order chi connectivity index (χ0) is 15.7. The Labute approximate surface area is 118 Å². The third kappa shape index (κ3) is 3.18. The summed E-state index contributed by atoms with van der Waals surface area (Å²) < 4.78 is 38.9. The highest BCUT2D eigenvalue weighted by atomic mass is 19.4. The first-order valence-electron chi connectivity index (χ1n) is 6.23. The monoisotopic (exact) mass is 304 g/mol. The molecule has 1 aromatic rings. The van der Waals surface area contributed by atoms with Gasteiger partial charge in [0.05, 0.1) is 23.3 Å². The van der Waals surface area contributed by atoms with Crippen molar-refractivity contribution in [1.82, 2.24) is 15.6 Å². The van der Waals surface area contributed by atoms with Gasteiger partial charge in [0.2, 0.25) is 0 Å². The van der Waals surface area contributed by atoms with Crippen LogP contribution in [0, 0.1) is 5.92 Å². The zero-order valence-corrected chi connectivity index (χ0v) is 10.9. The van der Waals surface area contributed by atoms with E-state index in [2.05, 4.69) is 15.6 Å². The summed E-state index contributed by atoms with van der Waals surface area (Å²) in [7, 11) is 0. The van der Waals surface area contributed by atoms with Crippen molar-refractivity contribution in [1.29, 1.82) is 0 Å². The molecule has 2 atom stereocenters. The Morgan fingerprint density at radius 1 is 1.57 bits per heavy atom. The number of amides is 1. The van der Waals surface area contributed by atoms with E-state index in [-0.39, 0.29) is 18.8 Å². The molecule has 5 N–H and O–H groups in total. The Morgan fingerprint density at radius 2 is 2.29 bits per heavy atom. The van der Waals surface area contributed by atoms with Crippen LogP contribution in [0.2, 0.25) is 0 Å². The molecule has 1 aliphatic heterocycles. The van der Waals surface area contributed by atoms with Gasteiger partial charge >= 0.3 is 12.3 Å². The molecule has 2 heterocycles. The second-order valence-corrected chi connectivity index (χ2v) is 5.05. The van der Waals surface area contributed by atoms with Gasteiger partial charge in [-0.25, -0.2) is 4.79 Å². The average molecular weight is 304 g/mol. The Kier molecular flexibility index (Phi) is 3.95. The largest absolute Gasteiger partial charge is 0.465 e. The Balaban J connectivity index is 2.43. The fourth-order valence-corrected chi connectivity index (χ4v) is 2.67. The SMILES string of the molecule is Nc1cnccc1[C@]1(NC(=O)O)CNC[C@H](C(F)(F)F)C1. The Bertz CT molecular complexity index is 537. The smallest absolute Gasteiger partial charge is 0.405 e. The lowest BCUT2D eigenvalue weighted by molar-refractivity contribution is -0.184. The van der Waals surface area contributed by atoms with Crippen LogP contribution in [0.15, 0.2) is 18.5 Å². The summed E-state index contributed by atoms with van der Waals surface area (Å²) in [5, 5.41) is 13.8. The number of aromatic nitrogens is 1. The molecule has 1 aromatic heterocycles. The summed E-state index contributed by atoms with van der Waals surface area (Å²) in [6, 6.07) is 1.44. The topological polar surface area (TPSA) is 100 Å². The standard InChI is InChI=1S/C12H15F3N4O2/c13-12(14,15)7-3-11(6-18-4-7,19-10(20)21)8-1-2-17-5-9(8)16/h1-2,5,7,18-19H,3-4,6,16H2,(H,20,21)/t7-,11-/m1/s1. The van der Waals surface area contributed by atoms with Gasteiger partial charge in [-0.15, -0.1) is 0 Å². The minimum Gasteiger partial charge on any atom is -0.465 e. The number of rotatable bonds is 2. The van der Waals surface area contributed by atoms with Gasteiger partial charge in [-0.3, -0.25) is 4.98 Å². The average Bonchev–Trinajstić information content (AvgIpc) is 2.37. The van der Waals surface area contributed by atoms with Crippen LogP contribution in [-0.2, 0) is 5.54 Å². The van der Waals surface area contributed by atoms with E-state index in [0.717, 1.165) is 0 Å². The molecule has 0 spiro atoms. The van der Waals surface area contributed by atoms with E-state index >= 15 is 0 Å². The van der Waals surface area contributed by atoms with Gasteiger partial charge in [0.1, 0.15) is 0 Å². The van der Waals surface area contributed by atoms with Gasteiger partial charge in [0.25, 0.3) is 0 Å². The summed E-state index contributed by atoms with van der Waals surface area (Å²) in [5.74, 6) is -1.66. The summed E-state index contributed by atoms with van der Waals surface area (Å²) in [4.78, 5) is 14.8. The van der Waals surface area contributed by atoms with Crippen LogP contribution < -0.4 is 16.4 Å². The number of nitrogens with zero attached hydrogens (tertiary/aromatic N) is 1. The molecule has 2 rings (SSSR count). The number of piperidine rings is 1. The number of anilines is 1. The molecule has 1 fully saturated rings. The second kappa shape index (κ2) is 5.40. The highest BCUT2D eigenvalue weighted by Gasteiger charge is 2.49. The fourth-order valence-electron chi connectivity index (χ4n) is 2.67. The lowest BCUT2D eigenvalue weighted by atomic mass is 9.78. The number of nitrogens with one attached hydrogen (secondary N) is 2. The molecule has 9 heteroatoms. The highest BCUT2D eigenvalue weighted by molar-refractivity contribution is 5.67. The Hall–Kier alpha value is -2.03. The maximum absolute atomic E-state index is 13.0. The van der Waals surface area contributed by atoms with Crippen molar-refractivity contribution >= 4 is 11.8 Å². The number of alkyl halides is 3. The predicted octanol–water partition coefficient (Wildman–Crippen LogP) is 1.30. The first kappa shape index (κ1) is 15.4. The number of carboxylic acid groups (broad SMARTS) is 1. The van der Waals surface area contributed by atoms with Crippen molar-refractivity contribution in [2.45, 2.75) is 18.1 Å². The normalized spacial score (nSPS) is 26.3. The molecular weight excluding hydrogens is 289 g/mol. The van der Waals surface area contributed by atoms with E-state index < -0.39 is 30.1 Å². The van der Waals surface area contributed by atoms with Gasteiger partial charge in [-0.1, -0.05) is 0 Å². The van der Waals surface area contributed by atoms with Crippen LogP contribution in [0.3, 0.4) is 0 Å². The molecule has 0 unspecified atom stereocenters. The van der Waals surface area contributed by atoms with Crippen molar-refractivity contribution in [3.63, 3.8) is 0 Å². The van der Waals surface area contributed by atoms with Gasteiger partial charge < -0.3 is 21.5 Å². The van der Waals surface area contributed by atoms with Crippen LogP contribution in [0.25, 0.3) is 0 Å². The number of pyridine rings is 1. The summed E-state index contributed by atoms with van der Waals surface area (Å²) in [6.07, 6.45) is -3.58. The van der Waals surface area contributed by atoms with Gasteiger partial charge in [-0.2, -0.15) is 13.2 Å². The maximum Gasteiger partial charge on any atom is 0.405 e. The van der Waals surface area contributed by atoms with Crippen molar-refractivity contribution in [2.75, 3.05) is 18.8 Å². The van der Waals surface area contributed by atoms with E-state index in [1.807, 2.05) is 0 Å². The van der Waals surface area contributed by atoms with Gasteiger partial charge in [0, 0.05) is 24.8 Å². The molecule has 1 aliphatic rings. The number of nitrogen functional groups attached to an aromatic ring is 1. The van der Waals surface area contributed by atoms with Crippen LogP contribution in [0.4, 0.5) is 23.7 Å². The summed E-state index contributed by atoms with van der Waals surface area (Å²) in [5.41, 5.74) is 4.77. The lowest BCUT2D eigenvalue weighted by Gasteiger charge is -2.42. The zero-order valence-electron chi connectivity index (χ0n) is 10.9. The number of nitrogens with two attached hydrogens (primary N) is 1. The van der Waals surface area contributed by atoms with E-state index in [9.17, 15) is 18.0 Å². The van der Waals surface area contributed by atoms with Gasteiger partial charge in [0.15, 0.2) is 0 Å². The third-order valence-corrected chi connectivity index (χ3v) is 3.59. The van der Waals surface area contributed by atoms with Crippen LogP contribution >= 0.6 is 0 Å². The lowest BCUT2D eigenvalue weighted by Crippen LogP contribution is -2.59. The summed E-state index contributed by atoms with van der Waals surface area (Å²) >= 11 is 0. The molecule has 1 amide bonds. The number of carbonyl (C=O) groups is 1. The first-order valence-corrected chi connectivity index (χ1v) is 6.23. The molecule has 0 aliphatic carbocycles. The molecule has 6 nitrogen and oxygen atoms in total. The molecule has 1 saturated heterocycles. The maximum atomic E-state index is 13.0. The van der Waals surface area contributed by atoms with Crippen LogP contribution in [0.1, 0.15) is 12.0 Å². The molecule has 0 aromatic carbocycles. The van der Waals surface area contributed by atoms with Crippen LogP contribution in [0.5, 0.6) is 0 Å². The van der Waals surface area contributed by atoms with Crippen molar-refractivity contribution < 1.29 is 23.1 Å². The first-order chi connectivity index (χ1) is 9.74. The Morgan fingerprint density at radius 3 is 2.86 bits per heavy atom. The van der Waals surface area contributed by atoms with Gasteiger partial charge in [-0.05, 0) is 12.5 Å². The quantitative estimate of drug-likeness (QED) is 0.660. The van der Waals surface area contributed by atoms with Crippen molar-refractivity contribution in [2.24, 2.45) is 5.92 Å². The fraction of sp³-hybridized carbons (Fsp3) is 0.500.